The second-order valence-corrected chi connectivity index (χ2v) is 10.9. The van der Waals surface area contributed by atoms with Crippen LogP contribution in [0.4, 0.5) is 26.3 Å². The Labute approximate surface area is 209 Å². The first-order valence-electron chi connectivity index (χ1n) is 13.0. The van der Waals surface area contributed by atoms with Crippen molar-refractivity contribution < 1.29 is 31.1 Å². The summed E-state index contributed by atoms with van der Waals surface area (Å²) in [6, 6.07) is 0.0607. The molecular weight excluding hydrogens is 488 g/mol. The lowest BCUT2D eigenvalue weighted by Crippen LogP contribution is -2.57. The van der Waals surface area contributed by atoms with Gasteiger partial charge in [-0.15, -0.1) is 0 Å². The number of piperazine rings is 1. The second-order valence-electron chi connectivity index (χ2n) is 10.9. The molecule has 0 bridgehead atoms. The summed E-state index contributed by atoms with van der Waals surface area (Å²) < 4.78 is 80.0. The third-order valence-electron chi connectivity index (χ3n) is 8.40. The average molecular weight is 528 g/mol. The van der Waals surface area contributed by atoms with Gasteiger partial charge in [-0.3, -0.25) is 15.1 Å². The van der Waals surface area contributed by atoms with Crippen LogP contribution in [-0.4, -0.2) is 84.7 Å². The molecule has 3 fully saturated rings. The molecule has 2 saturated carbocycles. The predicted octanol–water partition coefficient (Wildman–Crippen LogP) is 4.45. The Hall–Kier alpha value is -1.72. The summed E-state index contributed by atoms with van der Waals surface area (Å²) in [5, 5.41) is 7.65. The molecule has 3 unspecified atom stereocenters. The number of nitrogens with zero attached hydrogens (tertiary/aromatic N) is 3. The zero-order valence-corrected chi connectivity index (χ0v) is 20.9. The minimum atomic E-state index is -4.70. The van der Waals surface area contributed by atoms with Gasteiger partial charge < -0.3 is 15.5 Å². The van der Waals surface area contributed by atoms with Gasteiger partial charge in [0.15, 0.2) is 5.96 Å². The van der Waals surface area contributed by atoms with Crippen molar-refractivity contribution in [1.82, 2.24) is 14.7 Å². The van der Waals surface area contributed by atoms with Crippen LogP contribution in [0.3, 0.4) is 0 Å². The Kier molecular flexibility index (Phi) is 9.43. The molecule has 0 radical (unpaired) electrons. The average Bonchev–Trinajstić information content (AvgIpc) is 2.81. The highest BCUT2D eigenvalue weighted by molar-refractivity contribution is 5.76. The molecule has 36 heavy (non-hydrogen) atoms. The summed E-state index contributed by atoms with van der Waals surface area (Å²) in [5.74, 6) is -5.01. The van der Waals surface area contributed by atoms with E-state index in [0.29, 0.717) is 38.6 Å². The van der Waals surface area contributed by atoms with Crippen LogP contribution in [-0.2, 0) is 4.79 Å². The van der Waals surface area contributed by atoms with Crippen LogP contribution in [0, 0.1) is 29.1 Å². The molecule has 2 aliphatic carbocycles. The molecular formula is C24H39F6N5O. The smallest absolute Gasteiger partial charge is 0.370 e. The molecule has 1 saturated heterocycles. The molecule has 0 aromatic rings. The first kappa shape index (κ1) is 28.8. The van der Waals surface area contributed by atoms with Gasteiger partial charge in [0.1, 0.15) is 0 Å². The van der Waals surface area contributed by atoms with Gasteiger partial charge in [-0.2, -0.15) is 26.3 Å². The zero-order chi connectivity index (χ0) is 26.7. The largest absolute Gasteiger partial charge is 0.391 e. The first-order valence-corrected chi connectivity index (χ1v) is 13.0. The number of carbonyl (C=O) groups excluding carboxylic acids is 1. The molecule has 3 atom stereocenters. The van der Waals surface area contributed by atoms with Crippen LogP contribution in [0.25, 0.3) is 0 Å². The van der Waals surface area contributed by atoms with Gasteiger partial charge >= 0.3 is 12.4 Å². The molecule has 0 spiro atoms. The molecule has 1 amide bonds. The number of halogens is 6. The molecule has 1 heterocycles. The maximum absolute atomic E-state index is 13.3. The van der Waals surface area contributed by atoms with Gasteiger partial charge in [-0.25, -0.2) is 0 Å². The van der Waals surface area contributed by atoms with Crippen LogP contribution in [0.2, 0.25) is 0 Å². The van der Waals surface area contributed by atoms with E-state index in [0.717, 1.165) is 25.7 Å². The number of guanidine groups is 1. The molecule has 3 N–H and O–H groups in total. The third kappa shape index (κ3) is 7.64. The van der Waals surface area contributed by atoms with E-state index in [4.69, 9.17) is 11.1 Å². The summed E-state index contributed by atoms with van der Waals surface area (Å²) in [7, 11) is 1.61. The van der Waals surface area contributed by atoms with Crippen molar-refractivity contribution in [1.29, 1.82) is 5.41 Å². The van der Waals surface area contributed by atoms with Crippen LogP contribution >= 0.6 is 0 Å². The van der Waals surface area contributed by atoms with Gasteiger partial charge in [0.05, 0.1) is 11.8 Å². The third-order valence-corrected chi connectivity index (χ3v) is 8.40. The van der Waals surface area contributed by atoms with Crippen molar-refractivity contribution in [2.45, 2.75) is 76.2 Å². The van der Waals surface area contributed by atoms with Crippen molar-refractivity contribution >= 4 is 11.9 Å². The van der Waals surface area contributed by atoms with Crippen LogP contribution in [0.15, 0.2) is 0 Å². The van der Waals surface area contributed by atoms with Crippen LogP contribution in [0.5, 0.6) is 0 Å². The Morgan fingerprint density at radius 3 is 1.94 bits per heavy atom. The van der Waals surface area contributed by atoms with E-state index >= 15 is 0 Å². The molecule has 6 nitrogen and oxygen atoms in total. The highest BCUT2D eigenvalue weighted by Crippen LogP contribution is 2.48. The van der Waals surface area contributed by atoms with E-state index < -0.39 is 55.3 Å². The first-order chi connectivity index (χ1) is 16.8. The number of carbonyl (C=O) groups is 1. The van der Waals surface area contributed by atoms with Crippen molar-refractivity contribution in [3.8, 4) is 0 Å². The lowest BCUT2D eigenvalue weighted by atomic mass is 9.73. The normalized spacial score (nSPS) is 28.1. The van der Waals surface area contributed by atoms with Gasteiger partial charge in [0, 0.05) is 52.2 Å². The highest BCUT2D eigenvalue weighted by atomic mass is 19.4. The summed E-state index contributed by atoms with van der Waals surface area (Å²) in [4.78, 5) is 18.7. The molecule has 208 valence electrons. The topological polar surface area (TPSA) is 76.7 Å². The summed E-state index contributed by atoms with van der Waals surface area (Å²) in [5.41, 5.74) is 5.61. The van der Waals surface area contributed by atoms with E-state index in [9.17, 15) is 31.1 Å². The minimum Gasteiger partial charge on any atom is -0.370 e. The Morgan fingerprint density at radius 2 is 1.47 bits per heavy atom. The number of hydrogen-bond acceptors (Lipinski definition) is 3. The fourth-order valence-corrected chi connectivity index (χ4v) is 6.30. The highest BCUT2D eigenvalue weighted by Gasteiger charge is 2.52. The second kappa shape index (κ2) is 11.8. The summed E-state index contributed by atoms with van der Waals surface area (Å²) >= 11 is 0. The van der Waals surface area contributed by atoms with Gasteiger partial charge in [-0.05, 0) is 43.9 Å². The lowest BCUT2D eigenvalue weighted by molar-refractivity contribution is -0.229. The number of likely N-dealkylation sites (N-methyl/N-ethyl adjacent to an activating group) is 1. The van der Waals surface area contributed by atoms with Gasteiger partial charge in [0.25, 0.3) is 0 Å². The Bertz CT molecular complexity index is 724. The minimum absolute atomic E-state index is 0.0259. The molecule has 3 rings (SSSR count). The molecule has 1 aliphatic heterocycles. The molecule has 0 aromatic carbocycles. The molecule has 12 heteroatoms. The number of nitrogens with one attached hydrogen (secondary N) is 1. The van der Waals surface area contributed by atoms with E-state index in [1.165, 1.54) is 11.3 Å². The molecule has 0 aromatic heterocycles. The summed E-state index contributed by atoms with van der Waals surface area (Å²) in [6.45, 7) is 2.98. The number of amides is 1. The predicted molar refractivity (Wildman–Crippen MR) is 124 cm³/mol. The summed E-state index contributed by atoms with van der Waals surface area (Å²) in [6.07, 6.45) is -6.10. The number of rotatable bonds is 6. The van der Waals surface area contributed by atoms with Crippen molar-refractivity contribution in [3.63, 3.8) is 0 Å². The van der Waals surface area contributed by atoms with Crippen molar-refractivity contribution in [3.05, 3.63) is 0 Å². The van der Waals surface area contributed by atoms with Gasteiger partial charge in [0.2, 0.25) is 5.91 Å². The fraction of sp³-hybridized carbons (Fsp3) is 0.917. The van der Waals surface area contributed by atoms with Crippen LogP contribution in [0.1, 0.15) is 57.8 Å². The Balaban J connectivity index is 1.65. The van der Waals surface area contributed by atoms with Gasteiger partial charge in [-0.1, -0.05) is 19.3 Å². The number of nitrogens with two attached hydrogens (primary N) is 1. The standard InChI is InChI=1S/C24H39F6N5O/c1-33(21(36)13-16-11-18(23(25,26)27)14-19(12-16)24(28,29)30)15-20(17-5-3-2-4-6-17)34-7-9-35(10-8-34)22(31)32/h16-20H,2-15H2,1H3,(H3,31,32). The maximum atomic E-state index is 13.3. The molecule has 3 aliphatic rings. The van der Waals surface area contributed by atoms with Crippen molar-refractivity contribution in [2.75, 3.05) is 39.8 Å². The van der Waals surface area contributed by atoms with E-state index in [1.54, 1.807) is 11.9 Å². The number of hydrogen-bond donors (Lipinski definition) is 2. The maximum Gasteiger partial charge on any atom is 0.391 e. The monoisotopic (exact) mass is 527 g/mol. The van der Waals surface area contributed by atoms with E-state index in [1.807, 2.05) is 0 Å². The van der Waals surface area contributed by atoms with E-state index in [2.05, 4.69) is 4.90 Å². The van der Waals surface area contributed by atoms with Crippen molar-refractivity contribution in [2.24, 2.45) is 29.4 Å². The number of alkyl halides is 6. The SMILES string of the molecule is CN(CC(C1CCCCC1)N1CCN(C(=N)N)CC1)C(=O)CC1CC(C(F)(F)F)CC(C(F)(F)F)C1. The van der Waals surface area contributed by atoms with Crippen LogP contribution < -0.4 is 5.73 Å². The van der Waals surface area contributed by atoms with E-state index in [-0.39, 0.29) is 18.4 Å². The Morgan fingerprint density at radius 1 is 0.944 bits per heavy atom. The quantitative estimate of drug-likeness (QED) is 0.304. The lowest BCUT2D eigenvalue weighted by Gasteiger charge is -2.45. The zero-order valence-electron chi connectivity index (χ0n) is 20.9. The fourth-order valence-electron chi connectivity index (χ4n) is 6.30.